The molecule has 0 atom stereocenters. The summed E-state index contributed by atoms with van der Waals surface area (Å²) in [6, 6.07) is 2.31. The van der Waals surface area contributed by atoms with Crippen molar-refractivity contribution >= 4 is 0 Å². The molecular weight excluding hydrogens is 338 g/mol. The fraction of sp³-hybridized carbons (Fsp3) is 0.789. The first-order chi connectivity index (χ1) is 10.3. The number of hydrogen-bond acceptors (Lipinski definition) is 3. The zero-order valence-electron chi connectivity index (χ0n) is 17.9. The summed E-state index contributed by atoms with van der Waals surface area (Å²) in [5.41, 5.74) is 4.28. The molecule has 0 amide bonds. The van der Waals surface area contributed by atoms with E-state index in [1.54, 1.807) is 0 Å². The zero-order chi connectivity index (χ0) is 19.6. The Bertz CT molecular complexity index is 376. The Balaban J connectivity index is -0.000000256. The molecule has 5 heteroatoms. The number of rotatable bonds is 0. The van der Waals surface area contributed by atoms with Crippen molar-refractivity contribution in [3.8, 4) is 0 Å². The van der Waals surface area contributed by atoms with Gasteiger partial charge in [-0.05, 0) is 16.2 Å². The van der Waals surface area contributed by atoms with Gasteiger partial charge in [0.15, 0.2) is 0 Å². The van der Waals surface area contributed by atoms with Crippen molar-refractivity contribution in [1.29, 1.82) is 0 Å². The predicted octanol–water partition coefficient (Wildman–Crippen LogP) is 3.36. The van der Waals surface area contributed by atoms with Crippen molar-refractivity contribution in [3.63, 3.8) is 0 Å². The maximum atomic E-state index is 7.00. The standard InChI is InChI=1S/C16H28N.3CH4O.Ti/c1-14(2,3)11-10-12(15(4,5)6)17-13(11)16(7,8)9;3*1-2;/h10H,1-9H3;3*2H,1H3;/q-1;;;;. The molecule has 0 aliphatic rings. The minimum absolute atomic E-state index is 0. The molecule has 0 saturated heterocycles. The van der Waals surface area contributed by atoms with E-state index in [0.717, 1.165) is 21.3 Å². The SMILES string of the molecule is CC(C)(C)c1cc(C(C)(C)C)c(C(C)(C)C)[n-]1.CO.CO.CO.[Ti]. The first-order valence-electron chi connectivity index (χ1n) is 7.87. The minimum atomic E-state index is 0. The number of nitrogens with zero attached hydrogens (tertiary/aromatic N) is 1. The number of aromatic nitrogens is 1. The first-order valence-corrected chi connectivity index (χ1v) is 7.87. The van der Waals surface area contributed by atoms with Crippen LogP contribution >= 0.6 is 0 Å². The largest absolute Gasteiger partial charge is 0.664 e. The summed E-state index contributed by atoms with van der Waals surface area (Å²) in [5.74, 6) is 0. The molecule has 1 aromatic rings. The molecular formula is C19H40NO3Ti-. The Morgan fingerprint density at radius 3 is 1.12 bits per heavy atom. The summed E-state index contributed by atoms with van der Waals surface area (Å²) in [7, 11) is 3.00. The summed E-state index contributed by atoms with van der Waals surface area (Å²) in [6.45, 7) is 20.2. The van der Waals surface area contributed by atoms with Crippen LogP contribution in [0.4, 0.5) is 0 Å². The van der Waals surface area contributed by atoms with Crippen molar-refractivity contribution in [3.05, 3.63) is 23.0 Å². The van der Waals surface area contributed by atoms with Gasteiger partial charge in [-0.2, -0.15) is 11.4 Å². The van der Waals surface area contributed by atoms with Crippen LogP contribution in [0.5, 0.6) is 0 Å². The van der Waals surface area contributed by atoms with E-state index in [1.807, 2.05) is 0 Å². The predicted molar refractivity (Wildman–Crippen MR) is 100 cm³/mol. The molecule has 0 bridgehead atoms. The first kappa shape index (κ1) is 31.6. The summed E-state index contributed by atoms with van der Waals surface area (Å²) in [4.78, 5) is 4.92. The second-order valence-electron chi connectivity index (χ2n) is 8.15. The normalized spacial score (nSPS) is 10.8. The fourth-order valence-electron chi connectivity index (χ4n) is 1.95. The van der Waals surface area contributed by atoms with E-state index >= 15 is 0 Å². The van der Waals surface area contributed by atoms with E-state index in [4.69, 9.17) is 20.3 Å². The van der Waals surface area contributed by atoms with Crippen LogP contribution in [0.1, 0.15) is 79.3 Å². The average Bonchev–Trinajstić information content (AvgIpc) is 2.91. The summed E-state index contributed by atoms with van der Waals surface area (Å²) < 4.78 is 0. The molecule has 0 unspecified atom stereocenters. The third-order valence-electron chi connectivity index (χ3n) is 3.06. The molecule has 0 radical (unpaired) electrons. The van der Waals surface area contributed by atoms with E-state index < -0.39 is 0 Å². The van der Waals surface area contributed by atoms with E-state index in [0.29, 0.717) is 0 Å². The number of aliphatic hydroxyl groups is 3. The monoisotopic (exact) mass is 378 g/mol. The molecule has 0 spiro atoms. The maximum Gasteiger partial charge on any atom is 0.0319 e. The van der Waals surface area contributed by atoms with Crippen molar-refractivity contribution in [2.24, 2.45) is 0 Å². The van der Waals surface area contributed by atoms with Gasteiger partial charge in [0.25, 0.3) is 0 Å². The second kappa shape index (κ2) is 13.1. The van der Waals surface area contributed by atoms with Gasteiger partial charge in [-0.25, -0.2) is 0 Å². The van der Waals surface area contributed by atoms with Gasteiger partial charge in [0.1, 0.15) is 0 Å². The number of hydrogen-bond donors (Lipinski definition) is 3. The smallest absolute Gasteiger partial charge is 0.0319 e. The minimum Gasteiger partial charge on any atom is -0.664 e. The number of aliphatic hydroxyl groups excluding tert-OH is 3. The van der Waals surface area contributed by atoms with Crippen LogP contribution in [0.15, 0.2) is 6.07 Å². The van der Waals surface area contributed by atoms with Crippen molar-refractivity contribution < 1.29 is 37.0 Å². The Labute approximate surface area is 165 Å². The van der Waals surface area contributed by atoms with Gasteiger partial charge >= 0.3 is 0 Å². The molecule has 0 fully saturated rings. The van der Waals surface area contributed by atoms with Gasteiger partial charge in [0.2, 0.25) is 0 Å². The topological polar surface area (TPSA) is 74.8 Å². The summed E-state index contributed by atoms with van der Waals surface area (Å²) in [5, 5.41) is 21.0. The van der Waals surface area contributed by atoms with Crippen LogP contribution in [0.3, 0.4) is 0 Å². The van der Waals surface area contributed by atoms with E-state index in [9.17, 15) is 0 Å². The van der Waals surface area contributed by atoms with E-state index in [1.165, 1.54) is 17.0 Å². The molecule has 1 rings (SSSR count). The maximum absolute atomic E-state index is 7.00. The van der Waals surface area contributed by atoms with Gasteiger partial charge in [0.05, 0.1) is 0 Å². The Morgan fingerprint density at radius 2 is 0.958 bits per heavy atom. The molecule has 4 nitrogen and oxygen atoms in total. The molecule has 0 aliphatic carbocycles. The third-order valence-corrected chi connectivity index (χ3v) is 3.06. The van der Waals surface area contributed by atoms with Gasteiger partial charge in [-0.3, -0.25) is 0 Å². The van der Waals surface area contributed by atoms with Crippen molar-refractivity contribution in [2.45, 2.75) is 78.6 Å². The van der Waals surface area contributed by atoms with Gasteiger partial charge in [-0.15, -0.1) is 0 Å². The van der Waals surface area contributed by atoms with Crippen LogP contribution in [-0.2, 0) is 38.0 Å². The van der Waals surface area contributed by atoms with Gasteiger partial charge < -0.3 is 20.3 Å². The molecule has 0 saturated carbocycles. The van der Waals surface area contributed by atoms with Crippen LogP contribution < -0.4 is 4.98 Å². The van der Waals surface area contributed by atoms with Crippen LogP contribution in [0.25, 0.3) is 0 Å². The average molecular weight is 378 g/mol. The Hall–Kier alpha value is -0.126. The van der Waals surface area contributed by atoms with Crippen molar-refractivity contribution in [1.82, 2.24) is 4.98 Å². The zero-order valence-corrected chi connectivity index (χ0v) is 19.4. The third kappa shape index (κ3) is 10.7. The van der Waals surface area contributed by atoms with Crippen molar-refractivity contribution in [2.75, 3.05) is 21.3 Å². The molecule has 0 aromatic carbocycles. The molecule has 0 aliphatic heterocycles. The molecule has 24 heavy (non-hydrogen) atoms. The molecule has 1 heterocycles. The Morgan fingerprint density at radius 1 is 0.625 bits per heavy atom. The molecule has 144 valence electrons. The summed E-state index contributed by atoms with van der Waals surface area (Å²) >= 11 is 0. The van der Waals surface area contributed by atoms with Gasteiger partial charge in [0, 0.05) is 43.0 Å². The van der Waals surface area contributed by atoms with E-state index in [-0.39, 0.29) is 38.0 Å². The molecule has 3 N–H and O–H groups in total. The second-order valence-corrected chi connectivity index (χ2v) is 8.15. The van der Waals surface area contributed by atoms with Crippen LogP contribution in [0.2, 0.25) is 0 Å². The van der Waals surface area contributed by atoms with Gasteiger partial charge in [-0.1, -0.05) is 73.9 Å². The van der Waals surface area contributed by atoms with Crippen LogP contribution in [-0.4, -0.2) is 36.6 Å². The fourth-order valence-corrected chi connectivity index (χ4v) is 1.95. The quantitative estimate of drug-likeness (QED) is 0.605. The Kier molecular flexibility index (Phi) is 17.3. The van der Waals surface area contributed by atoms with Crippen LogP contribution in [0, 0.1) is 0 Å². The summed E-state index contributed by atoms with van der Waals surface area (Å²) in [6.07, 6.45) is 0. The molecule has 1 aromatic heterocycles. The van der Waals surface area contributed by atoms with E-state index in [2.05, 4.69) is 68.4 Å².